The van der Waals surface area contributed by atoms with E-state index in [4.69, 9.17) is 5.11 Å². The van der Waals surface area contributed by atoms with Crippen molar-refractivity contribution in [3.8, 4) is 0 Å². The van der Waals surface area contributed by atoms with Gasteiger partial charge in [0.1, 0.15) is 0 Å². The predicted octanol–water partition coefficient (Wildman–Crippen LogP) is 1.78. The van der Waals surface area contributed by atoms with Crippen LogP contribution in [0.5, 0.6) is 0 Å². The molecule has 0 radical (unpaired) electrons. The van der Waals surface area contributed by atoms with Gasteiger partial charge in [-0.3, -0.25) is 0 Å². The lowest BCUT2D eigenvalue weighted by Crippen LogP contribution is -2.16. The van der Waals surface area contributed by atoms with Crippen LogP contribution in [0.15, 0.2) is 0 Å². The molecule has 0 saturated carbocycles. The van der Waals surface area contributed by atoms with Crippen molar-refractivity contribution in [3.05, 3.63) is 0 Å². The van der Waals surface area contributed by atoms with E-state index in [9.17, 15) is 0 Å². The summed E-state index contributed by atoms with van der Waals surface area (Å²) >= 11 is 0. The normalized spacial score (nSPS) is 26.8. The van der Waals surface area contributed by atoms with Gasteiger partial charge in [0.25, 0.3) is 0 Å². The summed E-state index contributed by atoms with van der Waals surface area (Å²) in [7, 11) is 0. The van der Waals surface area contributed by atoms with Crippen LogP contribution in [-0.2, 0) is 0 Å². The van der Waals surface area contributed by atoms with E-state index in [2.05, 4.69) is 12.2 Å². The molecule has 1 heterocycles. The van der Waals surface area contributed by atoms with Crippen LogP contribution in [-0.4, -0.2) is 24.8 Å². The molecule has 1 aliphatic heterocycles. The van der Waals surface area contributed by atoms with Crippen molar-refractivity contribution in [2.24, 2.45) is 11.8 Å². The minimum atomic E-state index is 0.356. The minimum absolute atomic E-state index is 0.356. The molecule has 2 unspecified atom stereocenters. The fraction of sp³-hybridized carbons (Fsp3) is 1.00. The van der Waals surface area contributed by atoms with Gasteiger partial charge in [0.05, 0.1) is 0 Å². The van der Waals surface area contributed by atoms with Crippen molar-refractivity contribution in [2.75, 3.05) is 19.7 Å². The summed E-state index contributed by atoms with van der Waals surface area (Å²) < 4.78 is 0. The van der Waals surface area contributed by atoms with Gasteiger partial charge >= 0.3 is 0 Å². The fourth-order valence-electron chi connectivity index (χ4n) is 2.26. The number of rotatable bonds is 4. The van der Waals surface area contributed by atoms with E-state index in [1.54, 1.807) is 0 Å². The Morgan fingerprint density at radius 1 is 1.38 bits per heavy atom. The van der Waals surface area contributed by atoms with E-state index in [0.717, 1.165) is 18.3 Å². The first-order chi connectivity index (χ1) is 6.34. The molecule has 2 nitrogen and oxygen atoms in total. The summed E-state index contributed by atoms with van der Waals surface area (Å²) in [6.07, 6.45) is 6.20. The van der Waals surface area contributed by atoms with Gasteiger partial charge < -0.3 is 10.4 Å². The predicted molar refractivity (Wildman–Crippen MR) is 55.7 cm³/mol. The lowest BCUT2D eigenvalue weighted by molar-refractivity contribution is 0.245. The van der Waals surface area contributed by atoms with E-state index in [0.29, 0.717) is 6.61 Å². The van der Waals surface area contributed by atoms with Crippen molar-refractivity contribution >= 4 is 0 Å². The maximum Gasteiger partial charge on any atom is 0.0431 e. The molecule has 2 N–H and O–H groups in total. The fourth-order valence-corrected chi connectivity index (χ4v) is 2.26. The summed E-state index contributed by atoms with van der Waals surface area (Å²) in [6, 6.07) is 0. The maximum absolute atomic E-state index is 8.76. The summed E-state index contributed by atoms with van der Waals surface area (Å²) in [5, 5.41) is 12.2. The smallest absolute Gasteiger partial charge is 0.0431 e. The van der Waals surface area contributed by atoms with Crippen LogP contribution in [0.25, 0.3) is 0 Å². The molecule has 0 aromatic carbocycles. The molecule has 0 spiro atoms. The SMILES string of the molecule is CC(CCCO)C1CCCNCC1. The van der Waals surface area contributed by atoms with Crippen LogP contribution in [0.4, 0.5) is 0 Å². The average molecular weight is 185 g/mol. The number of aliphatic hydroxyl groups excluding tert-OH is 1. The maximum atomic E-state index is 8.76. The zero-order valence-electron chi connectivity index (χ0n) is 8.76. The summed E-state index contributed by atoms with van der Waals surface area (Å²) in [6.45, 7) is 5.08. The Bertz CT molecular complexity index is 119. The van der Waals surface area contributed by atoms with Gasteiger partial charge in [-0.1, -0.05) is 6.92 Å². The Hall–Kier alpha value is -0.0800. The Morgan fingerprint density at radius 2 is 2.23 bits per heavy atom. The van der Waals surface area contributed by atoms with Gasteiger partial charge in [-0.2, -0.15) is 0 Å². The molecule has 0 amide bonds. The molecule has 78 valence electrons. The summed E-state index contributed by atoms with van der Waals surface area (Å²) in [4.78, 5) is 0. The van der Waals surface area contributed by atoms with Gasteiger partial charge in [0.15, 0.2) is 0 Å². The Morgan fingerprint density at radius 3 is 3.00 bits per heavy atom. The van der Waals surface area contributed by atoms with Crippen LogP contribution in [0.3, 0.4) is 0 Å². The highest BCUT2D eigenvalue weighted by Crippen LogP contribution is 2.25. The Balaban J connectivity index is 2.22. The molecular formula is C11H23NO. The van der Waals surface area contributed by atoms with E-state index in [-0.39, 0.29) is 0 Å². The molecule has 1 saturated heterocycles. The molecule has 0 aromatic heterocycles. The number of hydrogen-bond donors (Lipinski definition) is 2. The first-order valence-electron chi connectivity index (χ1n) is 5.66. The molecule has 0 bridgehead atoms. The molecule has 1 aliphatic rings. The highest BCUT2D eigenvalue weighted by atomic mass is 16.2. The van der Waals surface area contributed by atoms with Gasteiger partial charge in [-0.15, -0.1) is 0 Å². The lowest BCUT2D eigenvalue weighted by atomic mass is 9.85. The second kappa shape index (κ2) is 6.39. The topological polar surface area (TPSA) is 32.3 Å². The Kier molecular flexibility index (Phi) is 5.40. The van der Waals surface area contributed by atoms with Gasteiger partial charge in [-0.05, 0) is 57.0 Å². The monoisotopic (exact) mass is 185 g/mol. The zero-order valence-corrected chi connectivity index (χ0v) is 8.76. The van der Waals surface area contributed by atoms with Crippen LogP contribution < -0.4 is 5.32 Å². The van der Waals surface area contributed by atoms with Crippen molar-refractivity contribution in [3.63, 3.8) is 0 Å². The molecule has 2 atom stereocenters. The van der Waals surface area contributed by atoms with Crippen LogP contribution in [0.1, 0.15) is 39.0 Å². The molecule has 1 fully saturated rings. The number of hydrogen-bond acceptors (Lipinski definition) is 2. The van der Waals surface area contributed by atoms with Crippen molar-refractivity contribution in [1.82, 2.24) is 5.32 Å². The minimum Gasteiger partial charge on any atom is -0.396 e. The second-order valence-corrected chi connectivity index (χ2v) is 4.28. The van der Waals surface area contributed by atoms with E-state index in [1.165, 1.54) is 38.8 Å². The van der Waals surface area contributed by atoms with E-state index in [1.807, 2.05) is 0 Å². The summed E-state index contributed by atoms with van der Waals surface area (Å²) in [5.41, 5.74) is 0. The largest absolute Gasteiger partial charge is 0.396 e. The third kappa shape index (κ3) is 4.10. The molecule has 0 aromatic rings. The quantitative estimate of drug-likeness (QED) is 0.700. The third-order valence-electron chi connectivity index (χ3n) is 3.24. The van der Waals surface area contributed by atoms with Gasteiger partial charge in [-0.25, -0.2) is 0 Å². The Labute approximate surface area is 81.7 Å². The van der Waals surface area contributed by atoms with Crippen molar-refractivity contribution in [1.29, 1.82) is 0 Å². The molecule has 0 aliphatic carbocycles. The van der Waals surface area contributed by atoms with Gasteiger partial charge in [0, 0.05) is 6.61 Å². The third-order valence-corrected chi connectivity index (χ3v) is 3.24. The second-order valence-electron chi connectivity index (χ2n) is 4.28. The van der Waals surface area contributed by atoms with Crippen molar-refractivity contribution in [2.45, 2.75) is 39.0 Å². The number of nitrogens with one attached hydrogen (secondary N) is 1. The van der Waals surface area contributed by atoms with Crippen molar-refractivity contribution < 1.29 is 5.11 Å². The molecule has 13 heavy (non-hydrogen) atoms. The van der Waals surface area contributed by atoms with E-state index >= 15 is 0 Å². The highest BCUT2D eigenvalue weighted by molar-refractivity contribution is 4.71. The standard InChI is InChI=1S/C11H23NO/c1-10(4-3-9-13)11-5-2-7-12-8-6-11/h10-13H,2-9H2,1H3. The molecular weight excluding hydrogens is 162 g/mol. The highest BCUT2D eigenvalue weighted by Gasteiger charge is 2.17. The van der Waals surface area contributed by atoms with Crippen LogP contribution in [0.2, 0.25) is 0 Å². The van der Waals surface area contributed by atoms with E-state index < -0.39 is 0 Å². The molecule has 2 heteroatoms. The number of aliphatic hydroxyl groups is 1. The average Bonchev–Trinajstić information content (AvgIpc) is 2.42. The lowest BCUT2D eigenvalue weighted by Gasteiger charge is -2.21. The van der Waals surface area contributed by atoms with Gasteiger partial charge in [0.2, 0.25) is 0 Å². The van der Waals surface area contributed by atoms with Crippen LogP contribution in [0, 0.1) is 11.8 Å². The first kappa shape index (κ1) is 11.0. The molecule has 1 rings (SSSR count). The van der Waals surface area contributed by atoms with Crippen LogP contribution >= 0.6 is 0 Å². The first-order valence-corrected chi connectivity index (χ1v) is 5.66. The zero-order chi connectivity index (χ0) is 9.52. The summed E-state index contributed by atoms with van der Waals surface area (Å²) in [5.74, 6) is 1.69.